The lowest BCUT2D eigenvalue weighted by atomic mass is 10.2. The van der Waals surface area contributed by atoms with Crippen molar-refractivity contribution < 1.29 is 0 Å². The summed E-state index contributed by atoms with van der Waals surface area (Å²) in [5, 5.41) is 4.34. The van der Waals surface area contributed by atoms with Crippen molar-refractivity contribution in [2.75, 3.05) is 31.7 Å². The quantitative estimate of drug-likeness (QED) is 0.319. The van der Waals surface area contributed by atoms with E-state index in [1.807, 2.05) is 65.0 Å². The maximum Gasteiger partial charge on any atom is 0.170 e. The fourth-order valence-corrected chi connectivity index (χ4v) is 4.75. The van der Waals surface area contributed by atoms with E-state index in [1.165, 1.54) is 38.7 Å². The van der Waals surface area contributed by atoms with Crippen molar-refractivity contribution in [3.05, 3.63) is 64.9 Å². The van der Waals surface area contributed by atoms with Crippen molar-refractivity contribution in [1.82, 2.24) is 23.8 Å². The highest BCUT2D eigenvalue weighted by Gasteiger charge is 2.19. The van der Waals surface area contributed by atoms with Crippen molar-refractivity contribution in [3.63, 3.8) is 0 Å². The predicted octanol–water partition coefficient (Wildman–Crippen LogP) is 6.58. The molecule has 2 aromatic heterocycles. The van der Waals surface area contributed by atoms with Crippen molar-refractivity contribution >= 4 is 52.1 Å². The Balaban J connectivity index is 0.000000275. The molecule has 1 saturated heterocycles. The highest BCUT2D eigenvalue weighted by Crippen LogP contribution is 2.33. The Labute approximate surface area is 208 Å². The Morgan fingerprint density at radius 3 is 2.30 bits per heavy atom. The molecule has 0 spiro atoms. The molecule has 1 N–H and O–H groups in total. The first kappa shape index (κ1) is 23.8. The van der Waals surface area contributed by atoms with Crippen LogP contribution >= 0.6 is 35.1 Å². The van der Waals surface area contributed by atoms with Crippen molar-refractivity contribution in [2.24, 2.45) is 0 Å². The summed E-state index contributed by atoms with van der Waals surface area (Å²) in [5.41, 5.74) is 3.08. The molecule has 0 bridgehead atoms. The smallest absolute Gasteiger partial charge is 0.170 e. The van der Waals surface area contributed by atoms with Gasteiger partial charge >= 0.3 is 0 Å². The van der Waals surface area contributed by atoms with Gasteiger partial charge in [-0.25, -0.2) is 15.0 Å². The van der Waals surface area contributed by atoms with E-state index in [1.54, 1.807) is 7.05 Å². The molecular weight excluding hydrogens is 475 g/mol. The van der Waals surface area contributed by atoms with Crippen molar-refractivity contribution in [1.29, 1.82) is 0 Å². The van der Waals surface area contributed by atoms with E-state index in [-0.39, 0.29) is 0 Å². The van der Waals surface area contributed by atoms with Crippen LogP contribution in [0.2, 0.25) is 10.0 Å². The minimum absolute atomic E-state index is 0.618. The zero-order valence-electron chi connectivity index (χ0n) is 18.6. The topological polar surface area (TPSA) is 58.9 Å². The van der Waals surface area contributed by atoms with Gasteiger partial charge in [-0.05, 0) is 55.5 Å². The SMILES string of the molecule is CNc1ncnc2c1nc(-c1ccccc1Cl)n2-c1ccc(Cl)cc1.CSN1CCCCC1. The van der Waals surface area contributed by atoms with Crippen LogP contribution in [0.5, 0.6) is 0 Å². The molecule has 9 heteroatoms. The Kier molecular flexibility index (Phi) is 8.09. The lowest BCUT2D eigenvalue weighted by molar-refractivity contribution is 0.381. The number of anilines is 1. The molecule has 0 atom stereocenters. The number of piperidine rings is 1. The Hall–Kier alpha value is -2.32. The van der Waals surface area contributed by atoms with Crippen molar-refractivity contribution in [2.45, 2.75) is 19.3 Å². The third kappa shape index (κ3) is 5.44. The van der Waals surface area contributed by atoms with Crippen LogP contribution in [0.25, 0.3) is 28.2 Å². The third-order valence-electron chi connectivity index (χ3n) is 5.45. The molecule has 1 aliphatic rings. The van der Waals surface area contributed by atoms with Crippen LogP contribution in [0.15, 0.2) is 54.9 Å². The third-order valence-corrected chi connectivity index (χ3v) is 6.92. The number of imidazole rings is 1. The van der Waals surface area contributed by atoms with Gasteiger partial charge in [-0.1, -0.05) is 53.7 Å². The van der Waals surface area contributed by atoms with E-state index in [2.05, 4.69) is 25.8 Å². The number of nitrogens with zero attached hydrogens (tertiary/aromatic N) is 5. The van der Waals surface area contributed by atoms with E-state index >= 15 is 0 Å². The average Bonchev–Trinajstić information content (AvgIpc) is 3.25. The van der Waals surface area contributed by atoms with Gasteiger partial charge in [0.05, 0.1) is 5.02 Å². The Morgan fingerprint density at radius 1 is 0.939 bits per heavy atom. The second-order valence-electron chi connectivity index (χ2n) is 7.54. The number of nitrogens with one attached hydrogen (secondary N) is 1. The zero-order chi connectivity index (χ0) is 23.2. The number of benzene rings is 2. The minimum Gasteiger partial charge on any atom is -0.371 e. The maximum absolute atomic E-state index is 6.42. The van der Waals surface area contributed by atoms with Gasteiger partial charge in [0.1, 0.15) is 12.2 Å². The molecule has 0 aliphatic carbocycles. The summed E-state index contributed by atoms with van der Waals surface area (Å²) in [4.78, 5) is 13.5. The van der Waals surface area contributed by atoms with E-state index in [4.69, 9.17) is 28.2 Å². The summed E-state index contributed by atoms with van der Waals surface area (Å²) in [6.45, 7) is 2.61. The van der Waals surface area contributed by atoms with E-state index in [0.29, 0.717) is 32.9 Å². The van der Waals surface area contributed by atoms with Crippen LogP contribution < -0.4 is 5.32 Å². The first-order valence-electron chi connectivity index (χ1n) is 10.8. The van der Waals surface area contributed by atoms with Gasteiger partial charge in [0, 0.05) is 36.4 Å². The molecule has 1 fully saturated rings. The first-order valence-corrected chi connectivity index (χ1v) is 12.8. The van der Waals surface area contributed by atoms with E-state index in [0.717, 1.165) is 11.3 Å². The maximum atomic E-state index is 6.42. The number of aromatic nitrogens is 4. The second kappa shape index (κ2) is 11.2. The zero-order valence-corrected chi connectivity index (χ0v) is 21.0. The van der Waals surface area contributed by atoms with Crippen LogP contribution in [0.4, 0.5) is 5.82 Å². The molecule has 172 valence electrons. The number of hydrogen-bond donors (Lipinski definition) is 1. The van der Waals surface area contributed by atoms with Crippen LogP contribution in [0.3, 0.4) is 0 Å². The van der Waals surface area contributed by atoms with Gasteiger partial charge in [-0.3, -0.25) is 8.87 Å². The molecule has 0 unspecified atom stereocenters. The predicted molar refractivity (Wildman–Crippen MR) is 141 cm³/mol. The standard InChI is InChI=1S/C18H13Cl2N5.C6H13NS/c1-21-16-15-18(23-10-22-16)25(12-8-6-11(19)7-9-12)17(24-15)13-4-2-3-5-14(13)20;1-8-7-5-3-2-4-6-7/h2-10H,1H3,(H,21,22,23);2-6H2,1H3. The highest BCUT2D eigenvalue weighted by molar-refractivity contribution is 7.96. The highest BCUT2D eigenvalue weighted by atomic mass is 35.5. The first-order chi connectivity index (χ1) is 16.1. The van der Waals surface area contributed by atoms with Crippen molar-refractivity contribution in [3.8, 4) is 17.1 Å². The minimum atomic E-state index is 0.618. The Morgan fingerprint density at radius 2 is 1.67 bits per heavy atom. The summed E-state index contributed by atoms with van der Waals surface area (Å²) in [6.07, 6.45) is 7.92. The number of rotatable bonds is 4. The lowest BCUT2D eigenvalue weighted by Crippen LogP contribution is -2.22. The molecule has 4 aromatic rings. The summed E-state index contributed by atoms with van der Waals surface area (Å²) >= 11 is 14.3. The molecule has 6 nitrogen and oxygen atoms in total. The van der Waals surface area contributed by atoms with Gasteiger partial charge < -0.3 is 5.32 Å². The molecule has 2 aromatic carbocycles. The Bertz CT molecular complexity index is 1210. The summed E-state index contributed by atoms with van der Waals surface area (Å²) in [5.74, 6) is 1.35. The van der Waals surface area contributed by atoms with Gasteiger partial charge in [0.2, 0.25) is 0 Å². The van der Waals surface area contributed by atoms with Gasteiger partial charge in [-0.15, -0.1) is 0 Å². The van der Waals surface area contributed by atoms with Crippen LogP contribution in [0.1, 0.15) is 19.3 Å². The average molecular weight is 501 g/mol. The molecule has 0 saturated carbocycles. The molecule has 33 heavy (non-hydrogen) atoms. The van der Waals surface area contributed by atoms with Crippen LogP contribution in [-0.4, -0.2) is 50.2 Å². The molecule has 3 heterocycles. The van der Waals surface area contributed by atoms with Crippen LogP contribution in [-0.2, 0) is 0 Å². The normalized spacial score (nSPS) is 14.1. The van der Waals surface area contributed by atoms with Gasteiger partial charge in [0.25, 0.3) is 0 Å². The fraction of sp³-hybridized carbons (Fsp3) is 0.292. The number of fused-ring (bicyclic) bond motifs is 1. The summed E-state index contributed by atoms with van der Waals surface area (Å²) in [6, 6.07) is 15.1. The molecule has 5 rings (SSSR count). The number of hydrogen-bond acceptors (Lipinski definition) is 6. The molecule has 0 radical (unpaired) electrons. The van der Waals surface area contributed by atoms with E-state index < -0.39 is 0 Å². The van der Waals surface area contributed by atoms with Gasteiger partial charge in [-0.2, -0.15) is 0 Å². The molecule has 1 aliphatic heterocycles. The summed E-state index contributed by atoms with van der Waals surface area (Å²) < 4.78 is 4.39. The van der Waals surface area contributed by atoms with Gasteiger partial charge in [0.15, 0.2) is 17.0 Å². The fourth-order valence-electron chi connectivity index (χ4n) is 3.78. The lowest BCUT2D eigenvalue weighted by Gasteiger charge is -2.22. The monoisotopic (exact) mass is 500 g/mol. The molecular formula is C24H26Cl2N6S. The second-order valence-corrected chi connectivity index (χ2v) is 9.27. The largest absolute Gasteiger partial charge is 0.371 e. The molecule has 0 amide bonds. The van der Waals surface area contributed by atoms with E-state index in [9.17, 15) is 0 Å². The number of halogens is 2. The van der Waals surface area contributed by atoms with Crippen LogP contribution in [0, 0.1) is 0 Å². The summed E-state index contributed by atoms with van der Waals surface area (Å²) in [7, 11) is 1.80.